The zero-order valence-corrected chi connectivity index (χ0v) is 9.82. The predicted octanol–water partition coefficient (Wildman–Crippen LogP) is 4.51. The van der Waals surface area contributed by atoms with Gasteiger partial charge in [0.1, 0.15) is 5.38 Å². The van der Waals surface area contributed by atoms with Gasteiger partial charge in [-0.05, 0) is 24.6 Å². The Kier molecular flexibility index (Phi) is 4.32. The minimum Gasteiger partial charge on any atom is -0.298 e. The Labute approximate surface area is 105 Å². The lowest BCUT2D eigenvalue weighted by Gasteiger charge is -2.15. The molecule has 0 amide bonds. The molecule has 1 atom stereocenters. The second-order valence-electron chi connectivity index (χ2n) is 3.62. The van der Waals surface area contributed by atoms with Crippen molar-refractivity contribution in [2.45, 2.75) is 24.9 Å². The molecule has 1 unspecified atom stereocenters. The van der Waals surface area contributed by atoms with Crippen LogP contribution in [0.3, 0.4) is 0 Å². The summed E-state index contributed by atoms with van der Waals surface area (Å²) < 4.78 is 62.6. The lowest BCUT2D eigenvalue weighted by Crippen LogP contribution is -2.10. The van der Waals surface area contributed by atoms with Crippen LogP contribution in [0.25, 0.3) is 0 Å². The Morgan fingerprint density at radius 1 is 1.22 bits per heavy atom. The number of hydrogen-bond donors (Lipinski definition) is 0. The van der Waals surface area contributed by atoms with Crippen molar-refractivity contribution in [3.05, 3.63) is 34.9 Å². The van der Waals surface area contributed by atoms with Crippen molar-refractivity contribution in [2.75, 3.05) is 0 Å². The van der Waals surface area contributed by atoms with Crippen LogP contribution in [0.4, 0.5) is 22.0 Å². The van der Waals surface area contributed by atoms with Gasteiger partial charge in [-0.25, -0.2) is 8.78 Å². The largest absolute Gasteiger partial charge is 0.416 e. The van der Waals surface area contributed by atoms with Crippen LogP contribution in [0.1, 0.15) is 35.4 Å². The first-order valence-corrected chi connectivity index (χ1v) is 5.22. The van der Waals surface area contributed by atoms with Crippen molar-refractivity contribution >= 4 is 17.4 Å². The highest BCUT2D eigenvalue weighted by molar-refractivity contribution is 6.30. The first-order chi connectivity index (χ1) is 8.14. The van der Waals surface area contributed by atoms with Gasteiger partial charge in [-0.15, -0.1) is 11.6 Å². The predicted molar refractivity (Wildman–Crippen MR) is 55.7 cm³/mol. The van der Waals surface area contributed by atoms with Gasteiger partial charge in [0.05, 0.1) is 5.56 Å². The number of rotatable bonds is 3. The molecule has 0 bridgehead atoms. The molecule has 100 valence electrons. The lowest BCUT2D eigenvalue weighted by molar-refractivity contribution is -0.137. The summed E-state index contributed by atoms with van der Waals surface area (Å²) in [6.07, 6.45) is -7.68. The zero-order valence-electron chi connectivity index (χ0n) is 9.06. The van der Waals surface area contributed by atoms with E-state index in [-0.39, 0.29) is 0 Å². The summed E-state index contributed by atoms with van der Waals surface area (Å²) in [4.78, 5) is 11.0. The smallest absolute Gasteiger partial charge is 0.298 e. The number of ketones is 1. The average molecular weight is 287 g/mol. The molecule has 0 spiro atoms. The fourth-order valence-corrected chi connectivity index (χ4v) is 1.58. The third-order valence-corrected chi connectivity index (χ3v) is 2.82. The van der Waals surface area contributed by atoms with Crippen LogP contribution in [0.5, 0.6) is 0 Å². The maximum atomic E-state index is 12.6. The fraction of sp³-hybridized carbons (Fsp3) is 0.364. The van der Waals surface area contributed by atoms with E-state index in [1.807, 2.05) is 0 Å². The van der Waals surface area contributed by atoms with Crippen molar-refractivity contribution in [3.63, 3.8) is 0 Å². The van der Waals surface area contributed by atoms with Crippen LogP contribution in [-0.2, 0) is 11.0 Å². The molecule has 1 rings (SSSR count). The number of Topliss-reactive ketones (excluding diaryl/α,β-unsaturated/α-hetero) is 1. The van der Waals surface area contributed by atoms with Gasteiger partial charge in [-0.2, -0.15) is 13.2 Å². The lowest BCUT2D eigenvalue weighted by atomic mass is 9.99. The first kappa shape index (κ1) is 14.9. The molecule has 0 radical (unpaired) electrons. The van der Waals surface area contributed by atoms with E-state index in [9.17, 15) is 26.7 Å². The number of carbonyl (C=O) groups is 1. The van der Waals surface area contributed by atoms with Gasteiger partial charge in [0, 0.05) is 5.56 Å². The Hall–Kier alpha value is -1.17. The van der Waals surface area contributed by atoms with Gasteiger partial charge in [0.2, 0.25) is 0 Å². The van der Waals surface area contributed by atoms with E-state index in [4.69, 9.17) is 11.6 Å². The maximum absolute atomic E-state index is 12.6. The number of carbonyl (C=O) groups excluding carboxylic acids is 1. The Balaban J connectivity index is 3.38. The van der Waals surface area contributed by atoms with E-state index in [1.165, 1.54) is 0 Å². The molecular formula is C11H8ClF5O. The highest BCUT2D eigenvalue weighted by atomic mass is 35.5. The van der Waals surface area contributed by atoms with Crippen molar-refractivity contribution < 1.29 is 26.7 Å². The third kappa shape index (κ3) is 3.19. The summed E-state index contributed by atoms with van der Waals surface area (Å²) >= 11 is 5.56. The van der Waals surface area contributed by atoms with Gasteiger partial charge < -0.3 is 0 Å². The molecule has 0 aliphatic carbocycles. The Morgan fingerprint density at radius 2 is 1.78 bits per heavy atom. The second kappa shape index (κ2) is 5.22. The monoisotopic (exact) mass is 286 g/mol. The van der Waals surface area contributed by atoms with Crippen molar-refractivity contribution in [1.82, 2.24) is 0 Å². The molecular weight excluding hydrogens is 279 g/mol. The molecule has 0 aliphatic rings. The molecule has 0 saturated heterocycles. The van der Waals surface area contributed by atoms with Crippen LogP contribution in [0.15, 0.2) is 18.2 Å². The maximum Gasteiger partial charge on any atom is 0.416 e. The van der Waals surface area contributed by atoms with Crippen LogP contribution in [0, 0.1) is 0 Å². The minimum atomic E-state index is -4.68. The summed E-state index contributed by atoms with van der Waals surface area (Å²) in [7, 11) is 0. The highest BCUT2D eigenvalue weighted by Gasteiger charge is 2.33. The molecule has 0 aromatic heterocycles. The molecule has 0 fully saturated rings. The van der Waals surface area contributed by atoms with Gasteiger partial charge in [-0.1, -0.05) is 6.07 Å². The van der Waals surface area contributed by atoms with Crippen LogP contribution >= 0.6 is 11.6 Å². The van der Waals surface area contributed by atoms with E-state index in [0.29, 0.717) is 18.2 Å². The van der Waals surface area contributed by atoms with Crippen LogP contribution in [0.2, 0.25) is 0 Å². The Bertz CT molecular complexity index is 455. The van der Waals surface area contributed by atoms with E-state index < -0.39 is 40.5 Å². The topological polar surface area (TPSA) is 17.1 Å². The average Bonchev–Trinajstić information content (AvgIpc) is 2.25. The SMILES string of the molecule is CC(=O)C(Cl)c1cc(C(F)(F)F)ccc1C(F)F. The molecule has 1 nitrogen and oxygen atoms in total. The quantitative estimate of drug-likeness (QED) is 0.590. The summed E-state index contributed by atoms with van der Waals surface area (Å²) in [5.74, 6) is -0.696. The summed E-state index contributed by atoms with van der Waals surface area (Å²) in [5, 5.41) is -1.52. The van der Waals surface area contributed by atoms with Gasteiger partial charge >= 0.3 is 6.18 Å². The Morgan fingerprint density at radius 3 is 2.17 bits per heavy atom. The number of alkyl halides is 6. The van der Waals surface area contributed by atoms with Crippen LogP contribution in [-0.4, -0.2) is 5.78 Å². The minimum absolute atomic E-state index is 0.487. The zero-order chi connectivity index (χ0) is 14.1. The van der Waals surface area contributed by atoms with E-state index in [0.717, 1.165) is 6.92 Å². The summed E-state index contributed by atoms with van der Waals surface area (Å²) in [6.45, 7) is 1.02. The van der Waals surface area contributed by atoms with Gasteiger partial charge in [0.15, 0.2) is 5.78 Å². The fourth-order valence-electron chi connectivity index (χ4n) is 1.39. The molecule has 7 heteroatoms. The summed E-state index contributed by atoms with van der Waals surface area (Å²) in [6, 6.07) is 1.66. The van der Waals surface area contributed by atoms with Gasteiger partial charge in [-0.3, -0.25) is 4.79 Å². The second-order valence-corrected chi connectivity index (χ2v) is 4.05. The van der Waals surface area contributed by atoms with Crippen molar-refractivity contribution in [2.24, 2.45) is 0 Å². The highest BCUT2D eigenvalue weighted by Crippen LogP contribution is 2.37. The van der Waals surface area contributed by atoms with E-state index >= 15 is 0 Å². The molecule has 1 aromatic carbocycles. The molecule has 0 aliphatic heterocycles. The normalized spacial score (nSPS) is 13.8. The molecule has 0 N–H and O–H groups in total. The molecule has 18 heavy (non-hydrogen) atoms. The number of hydrogen-bond acceptors (Lipinski definition) is 1. The van der Waals surface area contributed by atoms with Gasteiger partial charge in [0.25, 0.3) is 6.43 Å². The first-order valence-electron chi connectivity index (χ1n) is 4.78. The third-order valence-electron chi connectivity index (χ3n) is 2.28. The van der Waals surface area contributed by atoms with Crippen molar-refractivity contribution in [3.8, 4) is 0 Å². The standard InChI is InChI=1S/C11H8ClF5O/c1-5(18)9(12)8-4-6(11(15,16)17)2-3-7(8)10(13)14/h2-4,9-10H,1H3. The molecule has 0 heterocycles. The number of benzene rings is 1. The van der Waals surface area contributed by atoms with E-state index in [2.05, 4.69) is 0 Å². The van der Waals surface area contributed by atoms with Crippen LogP contribution < -0.4 is 0 Å². The number of halogens is 6. The van der Waals surface area contributed by atoms with Crippen molar-refractivity contribution in [1.29, 1.82) is 0 Å². The molecule has 0 saturated carbocycles. The summed E-state index contributed by atoms with van der Waals surface area (Å²) in [5.41, 5.74) is -2.29. The molecule has 1 aromatic rings. The van der Waals surface area contributed by atoms with E-state index in [1.54, 1.807) is 0 Å².